The number of aliphatic hydroxyl groups excluding tert-OH is 1. The van der Waals surface area contributed by atoms with E-state index in [2.05, 4.69) is 34.7 Å². The molecule has 0 aromatic heterocycles. The molecule has 2 aromatic carbocycles. The summed E-state index contributed by atoms with van der Waals surface area (Å²) >= 11 is 3.41. The van der Waals surface area contributed by atoms with E-state index in [-0.39, 0.29) is 11.3 Å². The van der Waals surface area contributed by atoms with Crippen LogP contribution in [-0.2, 0) is 9.59 Å². The number of carbonyl (C=O) groups excluding carboxylic acids is 2. The van der Waals surface area contributed by atoms with Crippen LogP contribution in [0.25, 0.3) is 5.76 Å². The summed E-state index contributed by atoms with van der Waals surface area (Å²) in [7, 11) is 1.55. The molecule has 1 amide bonds. The summed E-state index contributed by atoms with van der Waals surface area (Å²) in [6.07, 6.45) is 0. The van der Waals surface area contributed by atoms with Crippen molar-refractivity contribution in [1.29, 1.82) is 0 Å². The second-order valence-corrected chi connectivity index (χ2v) is 8.13. The molecule has 1 saturated heterocycles. The number of hydrogen-bond donors (Lipinski definition) is 1. The Morgan fingerprint density at radius 1 is 1.13 bits per heavy atom. The molecule has 1 heterocycles. The van der Waals surface area contributed by atoms with Crippen molar-refractivity contribution in [2.24, 2.45) is 0 Å². The van der Waals surface area contributed by atoms with Gasteiger partial charge in [0.05, 0.1) is 23.2 Å². The molecule has 6 nitrogen and oxygen atoms in total. The van der Waals surface area contributed by atoms with Crippen molar-refractivity contribution in [2.75, 3.05) is 33.3 Å². The third kappa shape index (κ3) is 4.67. The van der Waals surface area contributed by atoms with Crippen molar-refractivity contribution in [3.63, 3.8) is 0 Å². The molecule has 0 bridgehead atoms. The fourth-order valence-electron chi connectivity index (χ4n) is 3.85. The van der Waals surface area contributed by atoms with Gasteiger partial charge in [0.1, 0.15) is 11.5 Å². The Bertz CT molecular complexity index is 986. The molecule has 1 aliphatic rings. The minimum atomic E-state index is -0.669. The van der Waals surface area contributed by atoms with Crippen LogP contribution in [-0.4, -0.2) is 59.9 Å². The lowest BCUT2D eigenvalue weighted by atomic mass is 9.95. The first-order valence-electron chi connectivity index (χ1n) is 10.3. The van der Waals surface area contributed by atoms with E-state index in [9.17, 15) is 14.7 Å². The molecule has 3 rings (SSSR count). The number of ketones is 1. The molecule has 0 radical (unpaired) electrons. The normalized spacial score (nSPS) is 18.1. The average molecular weight is 487 g/mol. The smallest absolute Gasteiger partial charge is 0.295 e. The van der Waals surface area contributed by atoms with Gasteiger partial charge in [-0.1, -0.05) is 44.2 Å². The molecule has 7 heteroatoms. The Labute approximate surface area is 191 Å². The molecule has 2 aromatic rings. The number of Topliss-reactive ketones (excluding diaryl/α,β-unsaturated/α-hetero) is 1. The maximum absolute atomic E-state index is 13.0. The number of nitrogens with zero attached hydrogens (tertiary/aromatic N) is 2. The molecule has 1 unspecified atom stereocenters. The van der Waals surface area contributed by atoms with Crippen LogP contribution >= 0.6 is 15.9 Å². The lowest BCUT2D eigenvalue weighted by molar-refractivity contribution is -0.140. The van der Waals surface area contributed by atoms with E-state index in [0.29, 0.717) is 28.9 Å². The topological polar surface area (TPSA) is 70.1 Å². The number of likely N-dealkylation sites (N-methyl/N-ethyl adjacent to an activating group) is 1. The molecule has 0 saturated carbocycles. The predicted molar refractivity (Wildman–Crippen MR) is 124 cm³/mol. The summed E-state index contributed by atoms with van der Waals surface area (Å²) in [6, 6.07) is 13.8. The van der Waals surface area contributed by atoms with Gasteiger partial charge in [0.2, 0.25) is 0 Å². The van der Waals surface area contributed by atoms with E-state index in [1.807, 2.05) is 30.3 Å². The van der Waals surface area contributed by atoms with E-state index in [1.54, 1.807) is 30.2 Å². The quantitative estimate of drug-likeness (QED) is 0.343. The van der Waals surface area contributed by atoms with Gasteiger partial charge in [-0.15, -0.1) is 0 Å². The average Bonchev–Trinajstić information content (AvgIpc) is 3.04. The molecule has 31 heavy (non-hydrogen) atoms. The largest absolute Gasteiger partial charge is 0.507 e. The summed E-state index contributed by atoms with van der Waals surface area (Å²) in [5.41, 5.74) is 1.33. The van der Waals surface area contributed by atoms with Gasteiger partial charge in [0.15, 0.2) is 0 Å². The van der Waals surface area contributed by atoms with Gasteiger partial charge in [-0.3, -0.25) is 9.59 Å². The number of halogens is 1. The first-order chi connectivity index (χ1) is 14.9. The third-order valence-electron chi connectivity index (χ3n) is 5.63. The summed E-state index contributed by atoms with van der Waals surface area (Å²) in [5.74, 6) is -0.843. The van der Waals surface area contributed by atoms with Gasteiger partial charge >= 0.3 is 0 Å². The fourth-order valence-corrected chi connectivity index (χ4v) is 4.39. The van der Waals surface area contributed by atoms with Crippen molar-refractivity contribution in [2.45, 2.75) is 19.9 Å². The number of methoxy groups -OCH3 is 1. The maximum Gasteiger partial charge on any atom is 0.295 e. The van der Waals surface area contributed by atoms with Crippen LogP contribution in [0.15, 0.2) is 58.6 Å². The first kappa shape index (κ1) is 23.0. The van der Waals surface area contributed by atoms with Gasteiger partial charge in [-0.05, 0) is 52.8 Å². The van der Waals surface area contributed by atoms with Crippen LogP contribution in [0.5, 0.6) is 5.75 Å². The molecular formula is C24H27BrN2O4. The summed E-state index contributed by atoms with van der Waals surface area (Å²) in [6.45, 7) is 6.89. The van der Waals surface area contributed by atoms with Crippen LogP contribution < -0.4 is 4.74 Å². The lowest BCUT2D eigenvalue weighted by Crippen LogP contribution is -2.38. The first-order valence-corrected chi connectivity index (χ1v) is 11.1. The number of amides is 1. The summed E-state index contributed by atoms with van der Waals surface area (Å²) < 4.78 is 5.89. The highest BCUT2D eigenvalue weighted by molar-refractivity contribution is 9.10. The number of carbonyl (C=O) groups is 2. The third-order valence-corrected chi connectivity index (χ3v) is 6.25. The Hall–Kier alpha value is -2.64. The molecule has 1 atom stereocenters. The molecule has 1 N–H and O–H groups in total. The Morgan fingerprint density at radius 2 is 1.81 bits per heavy atom. The van der Waals surface area contributed by atoms with Crippen molar-refractivity contribution < 1.29 is 19.4 Å². The lowest BCUT2D eigenvalue weighted by Gasteiger charge is -2.28. The zero-order valence-corrected chi connectivity index (χ0v) is 19.6. The van der Waals surface area contributed by atoms with Crippen LogP contribution in [0.1, 0.15) is 31.0 Å². The van der Waals surface area contributed by atoms with E-state index in [1.165, 1.54) is 0 Å². The molecule has 0 spiro atoms. The molecular weight excluding hydrogens is 460 g/mol. The van der Waals surface area contributed by atoms with Gasteiger partial charge in [0, 0.05) is 18.7 Å². The number of benzene rings is 2. The minimum absolute atomic E-state index is 0.104. The number of aliphatic hydroxyl groups is 1. The monoisotopic (exact) mass is 486 g/mol. The van der Waals surface area contributed by atoms with Crippen molar-refractivity contribution in [3.8, 4) is 5.75 Å². The van der Waals surface area contributed by atoms with E-state index < -0.39 is 17.7 Å². The number of ether oxygens (including phenoxy) is 1. The zero-order valence-electron chi connectivity index (χ0n) is 18.0. The van der Waals surface area contributed by atoms with Crippen molar-refractivity contribution in [3.05, 3.63) is 69.7 Å². The predicted octanol–water partition coefficient (Wildman–Crippen LogP) is 4.22. The van der Waals surface area contributed by atoms with Crippen LogP contribution in [0.2, 0.25) is 0 Å². The SMILES string of the molecule is CCN(CC)CCN1C(=O)C(=O)/C(=C(\O)c2ccc(OC)c(Br)c2)C1c1ccccc1. The highest BCUT2D eigenvalue weighted by atomic mass is 79.9. The van der Waals surface area contributed by atoms with Crippen LogP contribution in [0.4, 0.5) is 0 Å². The van der Waals surface area contributed by atoms with E-state index >= 15 is 0 Å². The second kappa shape index (κ2) is 10.1. The standard InChI is InChI=1S/C24H27BrN2O4/c1-4-26(5-2)13-14-27-21(16-9-7-6-8-10-16)20(23(29)24(27)30)22(28)17-11-12-19(31-3)18(25)15-17/h6-12,15,21,28H,4-5,13-14H2,1-3H3/b22-20-. The van der Waals surface area contributed by atoms with Crippen LogP contribution in [0, 0.1) is 0 Å². The Kier molecular flexibility index (Phi) is 7.51. The van der Waals surface area contributed by atoms with Crippen molar-refractivity contribution >= 4 is 33.4 Å². The number of rotatable bonds is 8. The van der Waals surface area contributed by atoms with E-state index in [0.717, 1.165) is 18.7 Å². The Balaban J connectivity index is 2.08. The highest BCUT2D eigenvalue weighted by Gasteiger charge is 2.45. The van der Waals surface area contributed by atoms with Gasteiger partial charge in [-0.25, -0.2) is 0 Å². The summed E-state index contributed by atoms with van der Waals surface area (Å²) in [4.78, 5) is 29.8. The summed E-state index contributed by atoms with van der Waals surface area (Å²) in [5, 5.41) is 11.1. The van der Waals surface area contributed by atoms with Gasteiger partial charge < -0.3 is 19.6 Å². The van der Waals surface area contributed by atoms with Gasteiger partial charge in [-0.2, -0.15) is 0 Å². The van der Waals surface area contributed by atoms with E-state index in [4.69, 9.17) is 4.74 Å². The Morgan fingerprint density at radius 3 is 2.39 bits per heavy atom. The highest BCUT2D eigenvalue weighted by Crippen LogP contribution is 2.40. The number of hydrogen-bond acceptors (Lipinski definition) is 5. The number of likely N-dealkylation sites (tertiary alicyclic amines) is 1. The second-order valence-electron chi connectivity index (χ2n) is 7.28. The van der Waals surface area contributed by atoms with Crippen LogP contribution in [0.3, 0.4) is 0 Å². The minimum Gasteiger partial charge on any atom is -0.507 e. The molecule has 164 valence electrons. The van der Waals surface area contributed by atoms with Gasteiger partial charge in [0.25, 0.3) is 11.7 Å². The molecule has 1 fully saturated rings. The molecule has 1 aliphatic heterocycles. The molecule has 0 aliphatic carbocycles. The van der Waals surface area contributed by atoms with Crippen molar-refractivity contribution in [1.82, 2.24) is 9.80 Å². The fraction of sp³-hybridized carbons (Fsp3) is 0.333. The zero-order chi connectivity index (χ0) is 22.5. The maximum atomic E-state index is 13.0.